The van der Waals surface area contributed by atoms with E-state index < -0.39 is 5.91 Å². The van der Waals surface area contributed by atoms with Gasteiger partial charge in [0.2, 0.25) is 0 Å². The molecule has 2 aromatic rings. The second-order valence-electron chi connectivity index (χ2n) is 6.63. The molecular weight excluding hydrogens is 432 g/mol. The number of imide groups is 1. The molecule has 3 rings (SSSR count). The smallest absolute Gasteiger partial charge is 0.293 e. The monoisotopic (exact) mass is 456 g/mol. The van der Waals surface area contributed by atoms with Gasteiger partial charge >= 0.3 is 0 Å². The van der Waals surface area contributed by atoms with Crippen LogP contribution in [0.4, 0.5) is 4.79 Å². The lowest BCUT2D eigenvalue weighted by Gasteiger charge is -2.14. The van der Waals surface area contributed by atoms with E-state index in [1.54, 1.807) is 48.5 Å². The Morgan fingerprint density at radius 2 is 1.81 bits per heavy atom. The van der Waals surface area contributed by atoms with Crippen LogP contribution in [0.25, 0.3) is 6.08 Å². The number of thioether (sulfide) groups is 1. The summed E-state index contributed by atoms with van der Waals surface area (Å²) in [6, 6.07) is 12.1. The van der Waals surface area contributed by atoms with E-state index in [2.05, 4.69) is 5.32 Å². The lowest BCUT2D eigenvalue weighted by atomic mass is 10.2. The number of rotatable bonds is 9. The molecule has 1 heterocycles. The molecule has 0 saturated carbocycles. The van der Waals surface area contributed by atoms with Gasteiger partial charge in [-0.25, -0.2) is 0 Å². The van der Waals surface area contributed by atoms with Crippen molar-refractivity contribution in [3.05, 3.63) is 58.5 Å². The molecule has 1 fully saturated rings. The molecule has 3 amide bonds. The van der Waals surface area contributed by atoms with Crippen LogP contribution in [0.3, 0.4) is 0 Å². The third-order valence-corrected chi connectivity index (χ3v) is 5.54. The predicted molar refractivity (Wildman–Crippen MR) is 122 cm³/mol. The highest BCUT2D eigenvalue weighted by molar-refractivity contribution is 8.18. The maximum Gasteiger partial charge on any atom is 0.293 e. The summed E-state index contributed by atoms with van der Waals surface area (Å²) in [7, 11) is 3.02. The fourth-order valence-electron chi connectivity index (χ4n) is 3.10. The molecule has 1 saturated heterocycles. The summed E-state index contributed by atoms with van der Waals surface area (Å²) in [6.45, 7) is 2.57. The first-order chi connectivity index (χ1) is 15.5. The fraction of sp³-hybridized carbons (Fsp3) is 0.261. The van der Waals surface area contributed by atoms with Crippen LogP contribution in [0.1, 0.15) is 22.8 Å². The number of hydrogen-bond donors (Lipinski definition) is 1. The minimum atomic E-state index is -0.403. The second-order valence-corrected chi connectivity index (χ2v) is 7.63. The molecule has 0 radical (unpaired) electrons. The van der Waals surface area contributed by atoms with E-state index in [0.29, 0.717) is 39.9 Å². The van der Waals surface area contributed by atoms with Gasteiger partial charge in [-0.15, -0.1) is 0 Å². The normalized spacial score (nSPS) is 14.6. The standard InChI is InChI=1S/C23H24N2O6S/c1-4-31-18-10-9-15(13-19(18)30-3)14-20-22(27)25(23(28)32-20)12-11-24-21(26)16-7-5-6-8-17(16)29-2/h5-10,13-14H,4,11-12H2,1-3H3,(H,24,26). The Morgan fingerprint density at radius 1 is 1.06 bits per heavy atom. The highest BCUT2D eigenvalue weighted by atomic mass is 32.2. The van der Waals surface area contributed by atoms with Crippen molar-refractivity contribution in [3.8, 4) is 17.2 Å². The molecular formula is C23H24N2O6S. The average Bonchev–Trinajstić information content (AvgIpc) is 3.07. The number of methoxy groups -OCH3 is 2. The quantitative estimate of drug-likeness (QED) is 0.577. The Balaban J connectivity index is 1.64. The van der Waals surface area contributed by atoms with Gasteiger partial charge < -0.3 is 19.5 Å². The zero-order valence-electron chi connectivity index (χ0n) is 18.0. The summed E-state index contributed by atoms with van der Waals surface area (Å²) in [5.74, 6) is 0.848. The van der Waals surface area contributed by atoms with Crippen molar-refractivity contribution in [2.24, 2.45) is 0 Å². The van der Waals surface area contributed by atoms with E-state index in [-0.39, 0.29) is 24.2 Å². The van der Waals surface area contributed by atoms with Gasteiger partial charge in [0, 0.05) is 13.1 Å². The molecule has 1 aliphatic rings. The SMILES string of the molecule is CCOc1ccc(C=C2SC(=O)N(CCNC(=O)c3ccccc3OC)C2=O)cc1OC. The summed E-state index contributed by atoms with van der Waals surface area (Å²) in [5.41, 5.74) is 1.09. The molecule has 0 bridgehead atoms. The van der Waals surface area contributed by atoms with E-state index in [1.165, 1.54) is 14.2 Å². The van der Waals surface area contributed by atoms with Gasteiger partial charge in [-0.05, 0) is 54.6 Å². The molecule has 8 nitrogen and oxygen atoms in total. The minimum absolute atomic E-state index is 0.0650. The lowest BCUT2D eigenvalue weighted by molar-refractivity contribution is -0.122. The number of carbonyl (C=O) groups excluding carboxylic acids is 3. The molecule has 0 aromatic heterocycles. The first-order valence-corrected chi connectivity index (χ1v) is 10.8. The third kappa shape index (κ3) is 5.23. The van der Waals surface area contributed by atoms with Crippen LogP contribution in [0, 0.1) is 0 Å². The number of amides is 3. The number of nitrogens with zero attached hydrogens (tertiary/aromatic N) is 1. The Kier molecular flexibility index (Phi) is 7.77. The largest absolute Gasteiger partial charge is 0.496 e. The first-order valence-electron chi connectivity index (χ1n) is 9.96. The predicted octanol–water partition coefficient (Wildman–Crippen LogP) is 3.57. The lowest BCUT2D eigenvalue weighted by Crippen LogP contribution is -2.37. The Morgan fingerprint density at radius 3 is 2.53 bits per heavy atom. The number of nitrogens with one attached hydrogen (secondary N) is 1. The molecule has 1 aliphatic heterocycles. The molecule has 0 aliphatic carbocycles. The van der Waals surface area contributed by atoms with Crippen molar-refractivity contribution >= 4 is 34.9 Å². The molecule has 0 spiro atoms. The van der Waals surface area contributed by atoms with Crippen LogP contribution >= 0.6 is 11.8 Å². The highest BCUT2D eigenvalue weighted by Crippen LogP contribution is 2.34. The highest BCUT2D eigenvalue weighted by Gasteiger charge is 2.34. The van der Waals surface area contributed by atoms with Gasteiger partial charge in [-0.2, -0.15) is 0 Å². The summed E-state index contributed by atoms with van der Waals surface area (Å²) in [6.07, 6.45) is 1.64. The maximum absolute atomic E-state index is 12.7. The van der Waals surface area contributed by atoms with Gasteiger partial charge in [-0.3, -0.25) is 19.3 Å². The van der Waals surface area contributed by atoms with Crippen molar-refractivity contribution in [2.75, 3.05) is 33.9 Å². The Bertz CT molecular complexity index is 1050. The van der Waals surface area contributed by atoms with Gasteiger partial charge in [0.1, 0.15) is 5.75 Å². The molecule has 1 N–H and O–H groups in total. The molecule has 2 aromatic carbocycles. The molecule has 0 unspecified atom stereocenters. The minimum Gasteiger partial charge on any atom is -0.496 e. The Labute approximate surface area is 190 Å². The molecule has 168 valence electrons. The van der Waals surface area contributed by atoms with Crippen LogP contribution < -0.4 is 19.5 Å². The van der Waals surface area contributed by atoms with Gasteiger partial charge in [-0.1, -0.05) is 18.2 Å². The maximum atomic E-state index is 12.7. The summed E-state index contributed by atoms with van der Waals surface area (Å²) in [5, 5.41) is 2.33. The van der Waals surface area contributed by atoms with Crippen molar-refractivity contribution in [2.45, 2.75) is 6.92 Å². The van der Waals surface area contributed by atoms with Crippen LogP contribution in [-0.4, -0.2) is 55.9 Å². The van der Waals surface area contributed by atoms with Gasteiger partial charge in [0.05, 0.1) is 31.3 Å². The van der Waals surface area contributed by atoms with E-state index in [4.69, 9.17) is 14.2 Å². The van der Waals surface area contributed by atoms with E-state index in [1.807, 2.05) is 6.92 Å². The third-order valence-electron chi connectivity index (χ3n) is 4.63. The van der Waals surface area contributed by atoms with E-state index in [9.17, 15) is 14.4 Å². The van der Waals surface area contributed by atoms with Crippen molar-refractivity contribution in [1.29, 1.82) is 0 Å². The van der Waals surface area contributed by atoms with Gasteiger partial charge in [0.25, 0.3) is 17.1 Å². The number of carbonyl (C=O) groups is 3. The number of ether oxygens (including phenoxy) is 3. The van der Waals surface area contributed by atoms with E-state index >= 15 is 0 Å². The zero-order valence-corrected chi connectivity index (χ0v) is 18.9. The summed E-state index contributed by atoms with van der Waals surface area (Å²) < 4.78 is 16.0. The first kappa shape index (κ1) is 23.2. The molecule has 0 atom stereocenters. The Hall–Kier alpha value is -3.46. The van der Waals surface area contributed by atoms with Crippen molar-refractivity contribution < 1.29 is 28.6 Å². The van der Waals surface area contributed by atoms with Crippen LogP contribution in [-0.2, 0) is 4.79 Å². The van der Waals surface area contributed by atoms with E-state index in [0.717, 1.165) is 16.7 Å². The summed E-state index contributed by atoms with van der Waals surface area (Å²) >= 11 is 0.860. The fourth-order valence-corrected chi connectivity index (χ4v) is 3.97. The van der Waals surface area contributed by atoms with Gasteiger partial charge in [0.15, 0.2) is 11.5 Å². The topological polar surface area (TPSA) is 94.2 Å². The summed E-state index contributed by atoms with van der Waals surface area (Å²) in [4.78, 5) is 38.9. The van der Waals surface area contributed by atoms with Crippen LogP contribution in [0.15, 0.2) is 47.4 Å². The molecule has 9 heteroatoms. The van der Waals surface area contributed by atoms with Crippen LogP contribution in [0.2, 0.25) is 0 Å². The van der Waals surface area contributed by atoms with Crippen molar-refractivity contribution in [3.63, 3.8) is 0 Å². The van der Waals surface area contributed by atoms with Crippen LogP contribution in [0.5, 0.6) is 17.2 Å². The number of hydrogen-bond acceptors (Lipinski definition) is 7. The second kappa shape index (κ2) is 10.7. The zero-order chi connectivity index (χ0) is 23.1. The molecule has 32 heavy (non-hydrogen) atoms. The number of benzene rings is 2. The number of para-hydroxylation sites is 1. The van der Waals surface area contributed by atoms with Crippen molar-refractivity contribution in [1.82, 2.24) is 10.2 Å². The average molecular weight is 457 g/mol.